The van der Waals surface area contributed by atoms with Crippen LogP contribution < -0.4 is 0 Å². The van der Waals surface area contributed by atoms with Crippen LogP contribution in [0.15, 0.2) is 36.5 Å². The molecule has 1 aliphatic heterocycles. The third kappa shape index (κ3) is 2.80. The summed E-state index contributed by atoms with van der Waals surface area (Å²) in [5, 5.41) is 1.19. The number of halogens is 1. The number of benzene rings is 1. The van der Waals surface area contributed by atoms with Gasteiger partial charge in [0.05, 0.1) is 18.2 Å². The molecule has 0 saturated carbocycles. The van der Waals surface area contributed by atoms with Crippen molar-refractivity contribution < 1.29 is 4.74 Å². The molecule has 1 fully saturated rings. The van der Waals surface area contributed by atoms with Crippen molar-refractivity contribution in [1.82, 2.24) is 9.88 Å². The molecule has 2 atom stereocenters. The molecule has 1 aromatic carbocycles. The van der Waals surface area contributed by atoms with Gasteiger partial charge in [-0.05, 0) is 18.6 Å². The highest BCUT2D eigenvalue weighted by atomic mass is 35.5. The Kier molecular flexibility index (Phi) is 4.20. The second kappa shape index (κ2) is 6.08. The SMILES string of the molecule is CC1COC(CCl)CN1Cc1cccc2cccnc12. The maximum Gasteiger partial charge on any atom is 0.0838 e. The first-order valence-electron chi connectivity index (χ1n) is 7.02. The van der Waals surface area contributed by atoms with E-state index in [1.54, 1.807) is 0 Å². The number of rotatable bonds is 3. The first-order valence-corrected chi connectivity index (χ1v) is 7.55. The minimum atomic E-state index is 0.135. The Balaban J connectivity index is 1.85. The van der Waals surface area contributed by atoms with Crippen LogP contribution in [0.25, 0.3) is 10.9 Å². The fourth-order valence-corrected chi connectivity index (χ4v) is 2.89. The average molecular weight is 291 g/mol. The van der Waals surface area contributed by atoms with Gasteiger partial charge in [0.2, 0.25) is 0 Å². The van der Waals surface area contributed by atoms with Gasteiger partial charge in [0.25, 0.3) is 0 Å². The van der Waals surface area contributed by atoms with Gasteiger partial charge in [-0.2, -0.15) is 0 Å². The van der Waals surface area contributed by atoms with E-state index in [0.717, 1.165) is 25.2 Å². The molecule has 1 aliphatic rings. The van der Waals surface area contributed by atoms with Crippen LogP contribution in [0.3, 0.4) is 0 Å². The lowest BCUT2D eigenvalue weighted by Gasteiger charge is -2.37. The van der Waals surface area contributed by atoms with Crippen LogP contribution >= 0.6 is 11.6 Å². The van der Waals surface area contributed by atoms with Crippen LogP contribution in [0, 0.1) is 0 Å². The van der Waals surface area contributed by atoms with E-state index in [0.29, 0.717) is 11.9 Å². The number of alkyl halides is 1. The highest BCUT2D eigenvalue weighted by Crippen LogP contribution is 2.21. The first kappa shape index (κ1) is 13.8. The second-order valence-corrected chi connectivity index (χ2v) is 5.69. The molecule has 106 valence electrons. The minimum Gasteiger partial charge on any atom is -0.374 e. The largest absolute Gasteiger partial charge is 0.374 e. The number of ether oxygens (including phenoxy) is 1. The van der Waals surface area contributed by atoms with Gasteiger partial charge in [-0.15, -0.1) is 11.6 Å². The predicted molar refractivity (Wildman–Crippen MR) is 82.1 cm³/mol. The lowest BCUT2D eigenvalue weighted by molar-refractivity contribution is -0.0509. The van der Waals surface area contributed by atoms with Gasteiger partial charge in [0.15, 0.2) is 0 Å². The lowest BCUT2D eigenvalue weighted by Crippen LogP contribution is -2.48. The van der Waals surface area contributed by atoms with Crippen molar-refractivity contribution in [2.24, 2.45) is 0 Å². The Morgan fingerprint density at radius 3 is 3.05 bits per heavy atom. The van der Waals surface area contributed by atoms with Crippen LogP contribution in [0.4, 0.5) is 0 Å². The third-order valence-electron chi connectivity index (χ3n) is 3.90. The molecule has 3 rings (SSSR count). The molecule has 3 nitrogen and oxygen atoms in total. The molecular weight excluding hydrogens is 272 g/mol. The Morgan fingerprint density at radius 1 is 1.35 bits per heavy atom. The number of nitrogens with zero attached hydrogens (tertiary/aromatic N) is 2. The van der Waals surface area contributed by atoms with Crippen LogP contribution in [0.2, 0.25) is 0 Å². The van der Waals surface area contributed by atoms with Crippen molar-refractivity contribution in [2.75, 3.05) is 19.0 Å². The summed E-state index contributed by atoms with van der Waals surface area (Å²) in [7, 11) is 0. The molecule has 0 amide bonds. The molecule has 2 heterocycles. The summed E-state index contributed by atoms with van der Waals surface area (Å²) >= 11 is 5.93. The number of fused-ring (bicyclic) bond motifs is 1. The summed E-state index contributed by atoms with van der Waals surface area (Å²) in [5.74, 6) is 0.553. The summed E-state index contributed by atoms with van der Waals surface area (Å²) in [5.41, 5.74) is 2.36. The molecule has 4 heteroatoms. The maximum absolute atomic E-state index is 5.93. The standard InChI is InChI=1S/C16H19ClN2O/c1-12-11-20-15(8-17)10-19(12)9-14-5-2-4-13-6-3-7-18-16(13)14/h2-7,12,15H,8-11H2,1H3. The van der Waals surface area contributed by atoms with E-state index < -0.39 is 0 Å². The Morgan fingerprint density at radius 2 is 2.20 bits per heavy atom. The molecule has 1 saturated heterocycles. The summed E-state index contributed by atoms with van der Waals surface area (Å²) < 4.78 is 5.71. The van der Waals surface area contributed by atoms with Crippen molar-refractivity contribution in [3.63, 3.8) is 0 Å². The zero-order chi connectivity index (χ0) is 13.9. The molecule has 0 aliphatic carbocycles. The zero-order valence-corrected chi connectivity index (χ0v) is 12.4. The number of hydrogen-bond donors (Lipinski definition) is 0. The molecule has 20 heavy (non-hydrogen) atoms. The molecule has 1 aromatic heterocycles. The molecule has 0 bridgehead atoms. The van der Waals surface area contributed by atoms with Crippen LogP contribution in [0.5, 0.6) is 0 Å². The van der Waals surface area contributed by atoms with Crippen molar-refractivity contribution in [1.29, 1.82) is 0 Å². The van der Waals surface area contributed by atoms with E-state index in [1.165, 1.54) is 10.9 Å². The number of aromatic nitrogens is 1. The van der Waals surface area contributed by atoms with Crippen molar-refractivity contribution in [3.8, 4) is 0 Å². The Labute approximate surface area is 124 Å². The van der Waals surface area contributed by atoms with E-state index in [-0.39, 0.29) is 6.10 Å². The van der Waals surface area contributed by atoms with Crippen LogP contribution in [0.1, 0.15) is 12.5 Å². The Bertz CT molecular complexity index is 584. The molecule has 2 unspecified atom stereocenters. The lowest BCUT2D eigenvalue weighted by atomic mass is 10.1. The molecule has 2 aromatic rings. The molecule has 0 N–H and O–H groups in total. The van der Waals surface area contributed by atoms with E-state index >= 15 is 0 Å². The van der Waals surface area contributed by atoms with Crippen molar-refractivity contribution >= 4 is 22.5 Å². The fourth-order valence-electron chi connectivity index (χ4n) is 2.70. The van der Waals surface area contributed by atoms with Crippen LogP contribution in [-0.2, 0) is 11.3 Å². The van der Waals surface area contributed by atoms with Gasteiger partial charge < -0.3 is 4.74 Å². The van der Waals surface area contributed by atoms with Gasteiger partial charge >= 0.3 is 0 Å². The third-order valence-corrected chi connectivity index (χ3v) is 4.24. The molecular formula is C16H19ClN2O. The fraction of sp³-hybridized carbons (Fsp3) is 0.438. The summed E-state index contributed by atoms with van der Waals surface area (Å²) in [6.45, 7) is 4.72. The topological polar surface area (TPSA) is 25.4 Å². The van der Waals surface area contributed by atoms with Gasteiger partial charge in [-0.1, -0.05) is 24.3 Å². The van der Waals surface area contributed by atoms with E-state index in [4.69, 9.17) is 16.3 Å². The number of morpholine rings is 1. The number of para-hydroxylation sites is 1. The van der Waals surface area contributed by atoms with Gasteiger partial charge in [0, 0.05) is 36.6 Å². The zero-order valence-electron chi connectivity index (χ0n) is 11.6. The summed E-state index contributed by atoms with van der Waals surface area (Å²) in [6.07, 6.45) is 1.99. The van der Waals surface area contributed by atoms with Gasteiger partial charge in [-0.25, -0.2) is 0 Å². The summed E-state index contributed by atoms with van der Waals surface area (Å²) in [4.78, 5) is 6.96. The smallest absolute Gasteiger partial charge is 0.0838 e. The van der Waals surface area contributed by atoms with E-state index in [2.05, 4.69) is 41.1 Å². The van der Waals surface area contributed by atoms with E-state index in [9.17, 15) is 0 Å². The second-order valence-electron chi connectivity index (χ2n) is 5.38. The predicted octanol–water partition coefficient (Wildman–Crippen LogP) is 3.06. The van der Waals surface area contributed by atoms with E-state index in [1.807, 2.05) is 12.3 Å². The monoisotopic (exact) mass is 290 g/mol. The summed E-state index contributed by atoms with van der Waals surface area (Å²) in [6, 6.07) is 10.9. The highest BCUT2D eigenvalue weighted by molar-refractivity contribution is 6.18. The first-order chi connectivity index (χ1) is 9.78. The Hall–Kier alpha value is -1.16. The van der Waals surface area contributed by atoms with Crippen LogP contribution in [-0.4, -0.2) is 41.1 Å². The van der Waals surface area contributed by atoms with Crippen molar-refractivity contribution in [2.45, 2.75) is 25.6 Å². The number of pyridine rings is 1. The molecule has 0 spiro atoms. The van der Waals surface area contributed by atoms with Gasteiger partial charge in [-0.3, -0.25) is 9.88 Å². The average Bonchev–Trinajstić information content (AvgIpc) is 2.50. The van der Waals surface area contributed by atoms with Crippen molar-refractivity contribution in [3.05, 3.63) is 42.1 Å². The van der Waals surface area contributed by atoms with Gasteiger partial charge in [0.1, 0.15) is 0 Å². The minimum absolute atomic E-state index is 0.135. The molecule has 0 radical (unpaired) electrons. The highest BCUT2D eigenvalue weighted by Gasteiger charge is 2.25. The normalized spacial score (nSPS) is 24.1. The number of hydrogen-bond acceptors (Lipinski definition) is 3. The quantitative estimate of drug-likeness (QED) is 0.813. The maximum atomic E-state index is 5.93.